The summed E-state index contributed by atoms with van der Waals surface area (Å²) >= 11 is 5.76. The maximum absolute atomic E-state index is 13.9. The van der Waals surface area contributed by atoms with Crippen LogP contribution in [0, 0.1) is 19.7 Å². The molecule has 0 aliphatic carbocycles. The van der Waals surface area contributed by atoms with Gasteiger partial charge in [-0.15, -0.1) is 0 Å². The molecule has 1 aliphatic rings. The molecule has 144 valence electrons. The van der Waals surface area contributed by atoms with Gasteiger partial charge in [-0.3, -0.25) is 9.69 Å². The largest absolute Gasteiger partial charge is 0.369 e. The van der Waals surface area contributed by atoms with E-state index in [1.165, 1.54) is 28.9 Å². The monoisotopic (exact) mass is 389 g/mol. The smallest absolute Gasteiger partial charge is 0.241 e. The number of aryl methyl sites for hydroxylation is 1. The number of benzene rings is 2. The Bertz CT molecular complexity index is 834. The molecule has 2 aromatic rings. The third-order valence-corrected chi connectivity index (χ3v) is 5.58. The number of amides is 1. The fraction of sp³-hybridized carbons (Fsp3) is 0.381. The third kappa shape index (κ3) is 4.42. The number of halogens is 2. The highest BCUT2D eigenvalue weighted by Crippen LogP contribution is 2.24. The number of carbonyl (C=O) groups excluding carboxylic acids is 1. The predicted molar refractivity (Wildman–Crippen MR) is 109 cm³/mol. The Kier molecular flexibility index (Phi) is 6.02. The van der Waals surface area contributed by atoms with E-state index in [0.717, 1.165) is 26.2 Å². The van der Waals surface area contributed by atoms with Gasteiger partial charge in [-0.1, -0.05) is 23.7 Å². The van der Waals surface area contributed by atoms with Crippen molar-refractivity contribution in [3.05, 3.63) is 58.4 Å². The van der Waals surface area contributed by atoms with Gasteiger partial charge in [0.15, 0.2) is 0 Å². The first-order valence-electron chi connectivity index (χ1n) is 9.18. The van der Waals surface area contributed by atoms with Crippen molar-refractivity contribution in [3.8, 4) is 0 Å². The summed E-state index contributed by atoms with van der Waals surface area (Å²) in [6, 6.07) is 10.3. The lowest BCUT2D eigenvalue weighted by atomic mass is 10.1. The average molecular weight is 390 g/mol. The van der Waals surface area contributed by atoms with Crippen LogP contribution >= 0.6 is 11.6 Å². The Hall–Kier alpha value is -2.11. The zero-order valence-corrected chi connectivity index (χ0v) is 16.7. The highest BCUT2D eigenvalue weighted by Gasteiger charge is 2.26. The summed E-state index contributed by atoms with van der Waals surface area (Å²) in [4.78, 5) is 17.0. The van der Waals surface area contributed by atoms with Gasteiger partial charge in [-0.25, -0.2) is 4.39 Å². The Labute approximate surface area is 164 Å². The van der Waals surface area contributed by atoms with Gasteiger partial charge in [-0.05, 0) is 56.2 Å². The SMILES string of the molecule is Cc1cccc(N2CCN([C@@H](C)C(=O)Nc3ccc(Cl)cc3F)CC2)c1C. The number of hydrogen-bond donors (Lipinski definition) is 1. The summed E-state index contributed by atoms with van der Waals surface area (Å²) in [7, 11) is 0. The number of rotatable bonds is 4. The standard InChI is InChI=1S/C21H25ClFN3O/c1-14-5-4-6-20(15(14)2)26-11-9-25(10-12-26)16(3)21(27)24-19-8-7-17(22)13-18(19)23/h4-8,13,16H,9-12H2,1-3H3,(H,24,27)/t16-/m0/s1. The quantitative estimate of drug-likeness (QED) is 0.849. The van der Waals surface area contributed by atoms with E-state index in [1.807, 2.05) is 6.92 Å². The molecule has 0 aromatic heterocycles. The van der Waals surface area contributed by atoms with Crippen LogP contribution in [-0.2, 0) is 4.79 Å². The Morgan fingerprint density at radius 1 is 1.15 bits per heavy atom. The van der Waals surface area contributed by atoms with Gasteiger partial charge in [0, 0.05) is 36.9 Å². The topological polar surface area (TPSA) is 35.6 Å². The van der Waals surface area contributed by atoms with Crippen LogP contribution in [0.5, 0.6) is 0 Å². The van der Waals surface area contributed by atoms with Gasteiger partial charge in [0.1, 0.15) is 5.82 Å². The van der Waals surface area contributed by atoms with Gasteiger partial charge in [0.2, 0.25) is 5.91 Å². The molecule has 1 atom stereocenters. The van der Waals surface area contributed by atoms with Crippen LogP contribution in [0.2, 0.25) is 5.02 Å². The number of anilines is 2. The molecular weight excluding hydrogens is 365 g/mol. The molecule has 6 heteroatoms. The van der Waals surface area contributed by atoms with Gasteiger partial charge in [0.05, 0.1) is 11.7 Å². The minimum atomic E-state index is -0.525. The van der Waals surface area contributed by atoms with Crippen molar-refractivity contribution in [3.63, 3.8) is 0 Å². The van der Waals surface area contributed by atoms with Crippen LogP contribution in [-0.4, -0.2) is 43.0 Å². The maximum atomic E-state index is 13.9. The van der Waals surface area contributed by atoms with Crippen LogP contribution in [0.15, 0.2) is 36.4 Å². The molecule has 2 aromatic carbocycles. The second-order valence-corrected chi connectivity index (χ2v) is 7.47. The van der Waals surface area contributed by atoms with E-state index < -0.39 is 5.82 Å². The van der Waals surface area contributed by atoms with Crippen LogP contribution in [0.1, 0.15) is 18.1 Å². The summed E-state index contributed by atoms with van der Waals surface area (Å²) in [5.74, 6) is -0.737. The van der Waals surface area contributed by atoms with Crippen molar-refractivity contribution in [2.45, 2.75) is 26.8 Å². The summed E-state index contributed by atoms with van der Waals surface area (Å²) in [6.45, 7) is 9.41. The van der Waals surface area contributed by atoms with Crippen molar-refractivity contribution in [2.75, 3.05) is 36.4 Å². The van der Waals surface area contributed by atoms with Gasteiger partial charge >= 0.3 is 0 Å². The third-order valence-electron chi connectivity index (χ3n) is 5.35. The summed E-state index contributed by atoms with van der Waals surface area (Å²) in [6.07, 6.45) is 0. The van der Waals surface area contributed by atoms with Crippen molar-refractivity contribution in [2.24, 2.45) is 0 Å². The molecule has 0 spiro atoms. The lowest BCUT2D eigenvalue weighted by Gasteiger charge is -2.39. The Balaban J connectivity index is 1.60. The van der Waals surface area contributed by atoms with E-state index >= 15 is 0 Å². The zero-order valence-electron chi connectivity index (χ0n) is 15.9. The minimum Gasteiger partial charge on any atom is -0.369 e. The molecule has 0 radical (unpaired) electrons. The molecule has 1 aliphatic heterocycles. The Morgan fingerprint density at radius 2 is 1.85 bits per heavy atom. The number of piperazine rings is 1. The molecule has 1 heterocycles. The van der Waals surface area contributed by atoms with Crippen LogP contribution in [0.3, 0.4) is 0 Å². The fourth-order valence-electron chi connectivity index (χ4n) is 3.42. The van der Waals surface area contributed by atoms with E-state index in [4.69, 9.17) is 11.6 Å². The van der Waals surface area contributed by atoms with Crippen molar-refractivity contribution in [1.29, 1.82) is 0 Å². The van der Waals surface area contributed by atoms with Crippen LogP contribution in [0.25, 0.3) is 0 Å². The maximum Gasteiger partial charge on any atom is 0.241 e. The first-order chi connectivity index (χ1) is 12.9. The van der Waals surface area contributed by atoms with Crippen molar-refractivity contribution < 1.29 is 9.18 Å². The molecule has 0 saturated carbocycles. The molecule has 1 fully saturated rings. The second-order valence-electron chi connectivity index (χ2n) is 7.03. The lowest BCUT2D eigenvalue weighted by Crippen LogP contribution is -2.53. The predicted octanol–water partition coefficient (Wildman–Crippen LogP) is 4.25. The molecule has 27 heavy (non-hydrogen) atoms. The number of carbonyl (C=O) groups is 1. The van der Waals surface area contributed by atoms with Crippen LogP contribution < -0.4 is 10.2 Å². The van der Waals surface area contributed by atoms with E-state index in [0.29, 0.717) is 5.02 Å². The van der Waals surface area contributed by atoms with Crippen molar-refractivity contribution >= 4 is 28.9 Å². The second kappa shape index (κ2) is 8.28. The highest BCUT2D eigenvalue weighted by atomic mass is 35.5. The summed E-state index contributed by atoms with van der Waals surface area (Å²) in [5.41, 5.74) is 4.00. The van der Waals surface area contributed by atoms with E-state index in [9.17, 15) is 9.18 Å². The minimum absolute atomic E-state index is 0.158. The average Bonchev–Trinajstić information content (AvgIpc) is 2.66. The molecule has 1 N–H and O–H groups in total. The molecule has 4 nitrogen and oxygen atoms in total. The number of hydrogen-bond acceptors (Lipinski definition) is 3. The summed E-state index contributed by atoms with van der Waals surface area (Å²) in [5, 5.41) is 2.97. The molecule has 0 unspecified atom stereocenters. The molecule has 3 rings (SSSR count). The molecule has 0 bridgehead atoms. The van der Waals surface area contributed by atoms with E-state index in [1.54, 1.807) is 6.07 Å². The summed E-state index contributed by atoms with van der Waals surface area (Å²) < 4.78 is 13.9. The molecular formula is C21H25ClFN3O. The number of nitrogens with zero attached hydrogens (tertiary/aromatic N) is 2. The van der Waals surface area contributed by atoms with E-state index in [-0.39, 0.29) is 17.6 Å². The first kappa shape index (κ1) is 19.6. The first-order valence-corrected chi connectivity index (χ1v) is 9.55. The van der Waals surface area contributed by atoms with Gasteiger partial charge in [0.25, 0.3) is 0 Å². The normalized spacial score (nSPS) is 16.3. The van der Waals surface area contributed by atoms with Crippen molar-refractivity contribution in [1.82, 2.24) is 4.90 Å². The molecule has 1 saturated heterocycles. The van der Waals surface area contributed by atoms with Gasteiger partial charge in [-0.2, -0.15) is 0 Å². The van der Waals surface area contributed by atoms with Gasteiger partial charge < -0.3 is 10.2 Å². The lowest BCUT2D eigenvalue weighted by molar-refractivity contribution is -0.120. The fourth-order valence-corrected chi connectivity index (χ4v) is 3.58. The zero-order chi connectivity index (χ0) is 19.6. The molecule has 1 amide bonds. The van der Waals surface area contributed by atoms with Crippen LogP contribution in [0.4, 0.5) is 15.8 Å². The van der Waals surface area contributed by atoms with E-state index in [2.05, 4.69) is 47.2 Å². The Morgan fingerprint density at radius 3 is 2.52 bits per heavy atom. The highest BCUT2D eigenvalue weighted by molar-refractivity contribution is 6.30. The number of nitrogens with one attached hydrogen (secondary N) is 1.